The molecule has 0 aliphatic rings. The van der Waals surface area contributed by atoms with Gasteiger partial charge < -0.3 is 4.74 Å². The Balaban J connectivity index is 2.32. The highest BCUT2D eigenvalue weighted by molar-refractivity contribution is 6.31. The summed E-state index contributed by atoms with van der Waals surface area (Å²) < 4.78 is 44.4. The van der Waals surface area contributed by atoms with Crippen LogP contribution in [0.3, 0.4) is 0 Å². The van der Waals surface area contributed by atoms with E-state index in [4.69, 9.17) is 21.6 Å². The maximum Gasteiger partial charge on any atom is 0.417 e. The molecule has 0 radical (unpaired) electrons. The fourth-order valence-corrected chi connectivity index (χ4v) is 2.29. The maximum atomic E-state index is 12.9. The van der Waals surface area contributed by atoms with Gasteiger partial charge in [0, 0.05) is 0 Å². The van der Waals surface area contributed by atoms with Gasteiger partial charge in [-0.1, -0.05) is 11.6 Å². The molecule has 0 unspecified atom stereocenters. The second-order valence-corrected chi connectivity index (χ2v) is 5.57. The Morgan fingerprint density at radius 2 is 1.92 bits per heavy atom. The topological polar surface area (TPSA) is 57.4 Å². The first-order chi connectivity index (χ1) is 11.7. The second kappa shape index (κ2) is 7.45. The zero-order chi connectivity index (χ0) is 18.6. The van der Waals surface area contributed by atoms with Crippen LogP contribution in [-0.2, 0) is 6.18 Å². The van der Waals surface area contributed by atoms with E-state index in [0.717, 1.165) is 17.7 Å². The highest BCUT2D eigenvalue weighted by Gasteiger charge is 2.33. The van der Waals surface area contributed by atoms with Crippen molar-refractivity contribution in [1.82, 2.24) is 5.32 Å². The molecule has 0 fully saturated rings. The van der Waals surface area contributed by atoms with Crippen molar-refractivity contribution in [3.63, 3.8) is 0 Å². The Bertz CT molecular complexity index is 857. The largest absolute Gasteiger partial charge is 0.457 e. The molecular weight excluding hydrogens is 355 g/mol. The molecule has 0 aliphatic heterocycles. The lowest BCUT2D eigenvalue weighted by atomic mass is 10.1. The Morgan fingerprint density at radius 3 is 2.56 bits per heavy atom. The molecule has 25 heavy (non-hydrogen) atoms. The average molecular weight is 368 g/mol. The first-order valence-electron chi connectivity index (χ1n) is 7.05. The molecule has 2 aromatic carbocycles. The van der Waals surface area contributed by atoms with E-state index < -0.39 is 11.7 Å². The molecule has 4 nitrogen and oxygen atoms in total. The molecule has 2 rings (SSSR count). The van der Waals surface area contributed by atoms with Crippen LogP contribution >= 0.6 is 11.6 Å². The van der Waals surface area contributed by atoms with Crippen LogP contribution in [0.2, 0.25) is 5.02 Å². The lowest BCUT2D eigenvalue weighted by Crippen LogP contribution is -2.06. The normalized spacial score (nSPS) is 11.4. The molecule has 0 aromatic heterocycles. The van der Waals surface area contributed by atoms with Crippen molar-refractivity contribution < 1.29 is 17.9 Å². The van der Waals surface area contributed by atoms with Crippen molar-refractivity contribution in [2.24, 2.45) is 4.99 Å². The Hall–Kier alpha value is -2.72. The van der Waals surface area contributed by atoms with Crippen molar-refractivity contribution in [2.45, 2.75) is 20.0 Å². The molecule has 0 amide bonds. The van der Waals surface area contributed by atoms with Crippen LogP contribution in [0.25, 0.3) is 0 Å². The number of halogens is 4. The minimum atomic E-state index is -4.56. The van der Waals surface area contributed by atoms with Gasteiger partial charge in [0.2, 0.25) is 0 Å². The fraction of sp³-hybridized carbons (Fsp3) is 0.176. The van der Waals surface area contributed by atoms with Crippen LogP contribution in [0, 0.1) is 25.3 Å². The van der Waals surface area contributed by atoms with Gasteiger partial charge in [-0.15, -0.1) is 0 Å². The molecule has 8 heteroatoms. The first kappa shape index (κ1) is 18.6. The van der Waals surface area contributed by atoms with Crippen molar-refractivity contribution in [3.8, 4) is 17.7 Å². The summed E-state index contributed by atoms with van der Waals surface area (Å²) in [6.07, 6.45) is -1.60. The van der Waals surface area contributed by atoms with Crippen molar-refractivity contribution in [1.29, 1.82) is 5.26 Å². The summed E-state index contributed by atoms with van der Waals surface area (Å²) in [6.45, 7) is 3.51. The molecular formula is C17H13ClF3N3O. The van der Waals surface area contributed by atoms with Gasteiger partial charge in [0.05, 0.1) is 16.3 Å². The molecule has 2 aromatic rings. The first-order valence-corrected chi connectivity index (χ1v) is 7.43. The van der Waals surface area contributed by atoms with Crippen molar-refractivity contribution >= 4 is 23.6 Å². The van der Waals surface area contributed by atoms with Gasteiger partial charge in [-0.3, -0.25) is 5.32 Å². The summed E-state index contributed by atoms with van der Waals surface area (Å²) in [5.41, 5.74) is 1.07. The Morgan fingerprint density at radius 1 is 1.20 bits per heavy atom. The smallest absolute Gasteiger partial charge is 0.417 e. The van der Waals surface area contributed by atoms with E-state index in [2.05, 4.69) is 10.3 Å². The highest BCUT2D eigenvalue weighted by Crippen LogP contribution is 2.38. The summed E-state index contributed by atoms with van der Waals surface area (Å²) in [5.74, 6) is 0.432. The maximum absolute atomic E-state index is 12.9. The molecule has 0 bridgehead atoms. The van der Waals surface area contributed by atoms with Crippen LogP contribution in [0.15, 0.2) is 35.3 Å². The molecule has 0 aliphatic carbocycles. The van der Waals surface area contributed by atoms with E-state index in [1.807, 2.05) is 0 Å². The SMILES string of the molecule is Cc1cc(Oc2ccc(Cl)c(C(F)(F)F)c2)c(C)cc1/N=C/NC#N. The number of hydrogen-bond acceptors (Lipinski definition) is 3. The average Bonchev–Trinajstić information content (AvgIpc) is 2.52. The predicted molar refractivity (Wildman–Crippen MR) is 89.3 cm³/mol. The van der Waals surface area contributed by atoms with Crippen LogP contribution in [0.4, 0.5) is 18.9 Å². The summed E-state index contributed by atoms with van der Waals surface area (Å²) in [4.78, 5) is 4.08. The highest BCUT2D eigenvalue weighted by atomic mass is 35.5. The monoisotopic (exact) mass is 367 g/mol. The third kappa shape index (κ3) is 4.64. The van der Waals surface area contributed by atoms with Gasteiger partial charge in [-0.25, -0.2) is 4.99 Å². The Labute approximate surface area is 147 Å². The van der Waals surface area contributed by atoms with Gasteiger partial charge in [-0.2, -0.15) is 18.4 Å². The number of hydrogen-bond donors (Lipinski definition) is 1. The standard InChI is InChI=1S/C17H13ClF3N3O/c1-10-6-16(11(2)5-15(10)24-9-23-8-22)25-12-3-4-14(18)13(7-12)17(19,20)21/h3-7,9H,1-2H3,(H,23,24). The van der Waals surface area contributed by atoms with E-state index in [1.165, 1.54) is 12.4 Å². The lowest BCUT2D eigenvalue weighted by Gasteiger charge is -2.14. The number of aryl methyl sites for hydroxylation is 2. The summed E-state index contributed by atoms with van der Waals surface area (Å²) in [6, 6.07) is 6.75. The molecule has 0 saturated heterocycles. The zero-order valence-electron chi connectivity index (χ0n) is 13.3. The van der Waals surface area contributed by atoms with Gasteiger partial charge in [0.25, 0.3) is 0 Å². The van der Waals surface area contributed by atoms with Gasteiger partial charge in [0.1, 0.15) is 17.8 Å². The molecule has 0 spiro atoms. The quantitative estimate of drug-likeness (QED) is 0.336. The van der Waals surface area contributed by atoms with E-state index in [9.17, 15) is 13.2 Å². The zero-order valence-corrected chi connectivity index (χ0v) is 14.0. The fourth-order valence-electron chi connectivity index (χ4n) is 2.07. The molecule has 0 heterocycles. The summed E-state index contributed by atoms with van der Waals surface area (Å²) in [7, 11) is 0. The minimum Gasteiger partial charge on any atom is -0.457 e. The number of benzene rings is 2. The van der Waals surface area contributed by atoms with Crippen LogP contribution in [0.5, 0.6) is 11.5 Å². The predicted octanol–water partition coefficient (Wildman–Crippen LogP) is 5.50. The number of ether oxygens (including phenoxy) is 1. The van der Waals surface area contributed by atoms with Crippen molar-refractivity contribution in [2.75, 3.05) is 0 Å². The number of nitrogens with zero attached hydrogens (tertiary/aromatic N) is 2. The van der Waals surface area contributed by atoms with E-state index in [-0.39, 0.29) is 10.8 Å². The van der Waals surface area contributed by atoms with Crippen LogP contribution in [-0.4, -0.2) is 6.34 Å². The van der Waals surface area contributed by atoms with E-state index in [1.54, 1.807) is 32.2 Å². The number of nitrogens with one attached hydrogen (secondary N) is 1. The third-order valence-corrected chi connectivity index (χ3v) is 3.63. The van der Waals surface area contributed by atoms with Crippen molar-refractivity contribution in [3.05, 3.63) is 52.0 Å². The minimum absolute atomic E-state index is 0.0293. The number of rotatable bonds is 4. The lowest BCUT2D eigenvalue weighted by molar-refractivity contribution is -0.137. The number of nitriles is 1. The number of alkyl halides is 3. The van der Waals surface area contributed by atoms with Crippen LogP contribution in [0.1, 0.15) is 16.7 Å². The molecule has 0 atom stereocenters. The molecule has 0 saturated carbocycles. The van der Waals surface area contributed by atoms with E-state index >= 15 is 0 Å². The van der Waals surface area contributed by atoms with E-state index in [0.29, 0.717) is 17.0 Å². The molecule has 130 valence electrons. The Kier molecular flexibility index (Phi) is 5.55. The molecule has 1 N–H and O–H groups in total. The van der Waals surface area contributed by atoms with Gasteiger partial charge in [-0.05, 0) is 55.3 Å². The number of aliphatic imine (C=N–C) groups is 1. The second-order valence-electron chi connectivity index (χ2n) is 5.16. The van der Waals surface area contributed by atoms with Crippen LogP contribution < -0.4 is 10.1 Å². The van der Waals surface area contributed by atoms with Gasteiger partial charge in [0.15, 0.2) is 6.19 Å². The summed E-state index contributed by atoms with van der Waals surface area (Å²) in [5, 5.41) is 10.3. The third-order valence-electron chi connectivity index (χ3n) is 3.30. The summed E-state index contributed by atoms with van der Waals surface area (Å²) >= 11 is 5.60. The van der Waals surface area contributed by atoms with Gasteiger partial charge >= 0.3 is 6.18 Å².